The van der Waals surface area contributed by atoms with E-state index in [4.69, 9.17) is 0 Å². The van der Waals surface area contributed by atoms with Crippen molar-refractivity contribution in [2.45, 2.75) is 19.4 Å². The molecule has 106 valence electrons. The standard InChI is InChI=1S/C17H18N4/c1-12-7-8-16-13(11-12)17(9-10-20(16)2)21-18-14-5-3-4-6-15(14)19-21/h3-8,11,17H,9-10H2,1-2H3. The van der Waals surface area contributed by atoms with Crippen molar-refractivity contribution in [3.05, 3.63) is 53.6 Å². The van der Waals surface area contributed by atoms with Crippen LogP contribution < -0.4 is 4.90 Å². The van der Waals surface area contributed by atoms with Crippen molar-refractivity contribution >= 4 is 16.7 Å². The summed E-state index contributed by atoms with van der Waals surface area (Å²) >= 11 is 0. The Labute approximate surface area is 124 Å². The molecular weight excluding hydrogens is 260 g/mol. The van der Waals surface area contributed by atoms with Gasteiger partial charge in [0.2, 0.25) is 0 Å². The lowest BCUT2D eigenvalue weighted by molar-refractivity contribution is 0.430. The van der Waals surface area contributed by atoms with Crippen LogP contribution in [-0.2, 0) is 0 Å². The second-order valence-corrected chi connectivity index (χ2v) is 5.80. The van der Waals surface area contributed by atoms with Crippen molar-refractivity contribution in [1.29, 1.82) is 0 Å². The van der Waals surface area contributed by atoms with Crippen LogP contribution in [0.2, 0.25) is 0 Å². The molecule has 1 aliphatic rings. The number of benzene rings is 2. The number of nitrogens with zero attached hydrogens (tertiary/aromatic N) is 4. The molecule has 1 atom stereocenters. The maximum Gasteiger partial charge on any atom is 0.113 e. The van der Waals surface area contributed by atoms with E-state index in [-0.39, 0.29) is 6.04 Å². The van der Waals surface area contributed by atoms with Gasteiger partial charge in [0.25, 0.3) is 0 Å². The zero-order valence-corrected chi connectivity index (χ0v) is 12.3. The van der Waals surface area contributed by atoms with Gasteiger partial charge in [0.05, 0.1) is 0 Å². The van der Waals surface area contributed by atoms with Gasteiger partial charge in [0.15, 0.2) is 0 Å². The van der Waals surface area contributed by atoms with Crippen molar-refractivity contribution in [3.63, 3.8) is 0 Å². The monoisotopic (exact) mass is 278 g/mol. The molecule has 2 heterocycles. The Balaban J connectivity index is 1.86. The van der Waals surface area contributed by atoms with Gasteiger partial charge in [-0.3, -0.25) is 0 Å². The largest absolute Gasteiger partial charge is 0.374 e. The lowest BCUT2D eigenvalue weighted by Crippen LogP contribution is -2.30. The average Bonchev–Trinajstić information content (AvgIpc) is 2.91. The molecule has 0 aliphatic carbocycles. The summed E-state index contributed by atoms with van der Waals surface area (Å²) < 4.78 is 0. The highest BCUT2D eigenvalue weighted by atomic mass is 15.5. The van der Waals surface area contributed by atoms with Crippen molar-refractivity contribution in [2.75, 3.05) is 18.5 Å². The van der Waals surface area contributed by atoms with E-state index in [1.807, 2.05) is 29.1 Å². The minimum atomic E-state index is 0.225. The van der Waals surface area contributed by atoms with Crippen LogP contribution in [0.1, 0.15) is 23.6 Å². The molecule has 0 radical (unpaired) electrons. The fourth-order valence-corrected chi connectivity index (χ4v) is 3.14. The molecule has 4 rings (SSSR count). The predicted molar refractivity (Wildman–Crippen MR) is 84.7 cm³/mol. The summed E-state index contributed by atoms with van der Waals surface area (Å²) in [6, 6.07) is 14.9. The maximum atomic E-state index is 4.68. The van der Waals surface area contributed by atoms with E-state index < -0.39 is 0 Å². The Morgan fingerprint density at radius 3 is 2.48 bits per heavy atom. The maximum absolute atomic E-state index is 4.68. The molecule has 4 heteroatoms. The molecule has 0 saturated carbocycles. The zero-order chi connectivity index (χ0) is 14.4. The summed E-state index contributed by atoms with van der Waals surface area (Å²) in [7, 11) is 2.15. The number of hydrogen-bond donors (Lipinski definition) is 0. The van der Waals surface area contributed by atoms with Gasteiger partial charge in [-0.25, -0.2) is 0 Å². The molecule has 0 saturated heterocycles. The van der Waals surface area contributed by atoms with E-state index >= 15 is 0 Å². The van der Waals surface area contributed by atoms with Gasteiger partial charge in [-0.1, -0.05) is 29.8 Å². The van der Waals surface area contributed by atoms with Crippen LogP contribution in [0.3, 0.4) is 0 Å². The summed E-state index contributed by atoms with van der Waals surface area (Å²) in [5, 5.41) is 9.35. The highest BCUT2D eigenvalue weighted by molar-refractivity contribution is 5.73. The third kappa shape index (κ3) is 1.98. The lowest BCUT2D eigenvalue weighted by Gasteiger charge is -2.32. The lowest BCUT2D eigenvalue weighted by atomic mass is 9.95. The Bertz CT molecular complexity index is 772. The molecular formula is C17H18N4. The molecule has 4 nitrogen and oxygen atoms in total. The first-order valence-corrected chi connectivity index (χ1v) is 7.35. The Kier molecular flexibility index (Phi) is 2.70. The Hall–Kier alpha value is -2.36. The summed E-state index contributed by atoms with van der Waals surface area (Å²) in [4.78, 5) is 4.21. The number of anilines is 1. The van der Waals surface area contributed by atoms with Crippen LogP contribution in [0.25, 0.3) is 11.0 Å². The van der Waals surface area contributed by atoms with E-state index in [0.717, 1.165) is 24.0 Å². The number of aromatic nitrogens is 3. The molecule has 0 fully saturated rings. The molecule has 0 N–H and O–H groups in total. The van der Waals surface area contributed by atoms with E-state index in [1.165, 1.54) is 16.8 Å². The van der Waals surface area contributed by atoms with Crippen molar-refractivity contribution in [1.82, 2.24) is 15.0 Å². The van der Waals surface area contributed by atoms with Crippen LogP contribution in [0.15, 0.2) is 42.5 Å². The summed E-state index contributed by atoms with van der Waals surface area (Å²) in [6.45, 7) is 3.16. The van der Waals surface area contributed by atoms with Crippen LogP contribution >= 0.6 is 0 Å². The van der Waals surface area contributed by atoms with Gasteiger partial charge in [-0.2, -0.15) is 15.0 Å². The molecule has 21 heavy (non-hydrogen) atoms. The van der Waals surface area contributed by atoms with Gasteiger partial charge in [-0.05, 0) is 31.5 Å². The van der Waals surface area contributed by atoms with E-state index in [9.17, 15) is 0 Å². The second-order valence-electron chi connectivity index (χ2n) is 5.80. The first-order chi connectivity index (χ1) is 10.2. The molecule has 3 aromatic rings. The quantitative estimate of drug-likeness (QED) is 0.685. The fourth-order valence-electron chi connectivity index (χ4n) is 3.14. The zero-order valence-electron chi connectivity index (χ0n) is 12.3. The smallest absolute Gasteiger partial charge is 0.113 e. The molecule has 1 unspecified atom stereocenters. The molecule has 1 aliphatic heterocycles. The van der Waals surface area contributed by atoms with Crippen LogP contribution in [-0.4, -0.2) is 28.6 Å². The average molecular weight is 278 g/mol. The first kappa shape index (κ1) is 12.4. The van der Waals surface area contributed by atoms with Gasteiger partial charge in [-0.15, -0.1) is 0 Å². The normalized spacial score (nSPS) is 18.0. The third-order valence-electron chi connectivity index (χ3n) is 4.27. The topological polar surface area (TPSA) is 34.0 Å². The van der Waals surface area contributed by atoms with Crippen LogP contribution in [0.4, 0.5) is 5.69 Å². The van der Waals surface area contributed by atoms with Crippen molar-refractivity contribution < 1.29 is 0 Å². The Morgan fingerprint density at radius 1 is 1.05 bits per heavy atom. The first-order valence-electron chi connectivity index (χ1n) is 7.35. The highest BCUT2D eigenvalue weighted by Crippen LogP contribution is 2.35. The summed E-state index contributed by atoms with van der Waals surface area (Å²) in [5.41, 5.74) is 5.82. The van der Waals surface area contributed by atoms with Gasteiger partial charge < -0.3 is 4.90 Å². The number of hydrogen-bond acceptors (Lipinski definition) is 3. The van der Waals surface area contributed by atoms with E-state index in [0.29, 0.717) is 0 Å². The SMILES string of the molecule is Cc1ccc2c(c1)C(n1nc3ccccc3n1)CCN2C. The molecule has 0 spiro atoms. The van der Waals surface area contributed by atoms with Crippen LogP contribution in [0.5, 0.6) is 0 Å². The molecule has 1 aromatic heterocycles. The van der Waals surface area contributed by atoms with E-state index in [2.05, 4.69) is 47.3 Å². The molecule has 0 bridgehead atoms. The predicted octanol–water partition coefficient (Wildman–Crippen LogP) is 3.17. The van der Waals surface area contributed by atoms with Crippen molar-refractivity contribution in [2.24, 2.45) is 0 Å². The number of fused-ring (bicyclic) bond motifs is 2. The summed E-state index contributed by atoms with van der Waals surface area (Å²) in [6.07, 6.45) is 1.04. The van der Waals surface area contributed by atoms with E-state index in [1.54, 1.807) is 0 Å². The number of rotatable bonds is 1. The fraction of sp³-hybridized carbons (Fsp3) is 0.294. The third-order valence-corrected chi connectivity index (χ3v) is 4.27. The highest BCUT2D eigenvalue weighted by Gasteiger charge is 2.26. The van der Waals surface area contributed by atoms with Crippen molar-refractivity contribution in [3.8, 4) is 0 Å². The molecule has 0 amide bonds. The van der Waals surface area contributed by atoms with Crippen LogP contribution in [0, 0.1) is 6.92 Å². The molecule has 2 aromatic carbocycles. The minimum absolute atomic E-state index is 0.225. The van der Waals surface area contributed by atoms with Gasteiger partial charge in [0.1, 0.15) is 17.1 Å². The minimum Gasteiger partial charge on any atom is -0.374 e. The number of aryl methyl sites for hydroxylation is 1. The van der Waals surface area contributed by atoms with Gasteiger partial charge in [0, 0.05) is 24.8 Å². The van der Waals surface area contributed by atoms with Gasteiger partial charge >= 0.3 is 0 Å². The Morgan fingerprint density at radius 2 is 1.76 bits per heavy atom. The summed E-state index contributed by atoms with van der Waals surface area (Å²) in [5.74, 6) is 0. The second kappa shape index (κ2) is 4.58.